The van der Waals surface area contributed by atoms with Gasteiger partial charge in [-0.3, -0.25) is 4.79 Å². The van der Waals surface area contributed by atoms with Crippen molar-refractivity contribution in [2.75, 3.05) is 36.6 Å². The van der Waals surface area contributed by atoms with Crippen LogP contribution in [0.2, 0.25) is 0 Å². The first-order valence-electron chi connectivity index (χ1n) is 11.5. The molecule has 8 nitrogen and oxygen atoms in total. The Morgan fingerprint density at radius 2 is 1.91 bits per heavy atom. The highest BCUT2D eigenvalue weighted by molar-refractivity contribution is 5.74. The van der Waals surface area contributed by atoms with E-state index in [4.69, 9.17) is 14.2 Å². The van der Waals surface area contributed by atoms with Crippen molar-refractivity contribution in [3.8, 4) is 17.2 Å². The molecule has 0 bridgehead atoms. The highest BCUT2D eigenvalue weighted by Gasteiger charge is 2.24. The summed E-state index contributed by atoms with van der Waals surface area (Å²) in [5.74, 6) is 2.89. The molecule has 1 saturated heterocycles. The fourth-order valence-electron chi connectivity index (χ4n) is 4.00. The molecule has 3 aromatic rings. The molecular formula is C26H30N4O4. The fraction of sp³-hybridized carbons (Fsp3) is 0.346. The van der Waals surface area contributed by atoms with Crippen LogP contribution in [0.5, 0.6) is 17.2 Å². The largest absolute Gasteiger partial charge is 0.497 e. The van der Waals surface area contributed by atoms with Gasteiger partial charge in [0.25, 0.3) is 0 Å². The number of hydrogen-bond donors (Lipinski definition) is 0. The molecule has 178 valence electrons. The summed E-state index contributed by atoms with van der Waals surface area (Å²) in [6.07, 6.45) is 6.10. The van der Waals surface area contributed by atoms with Crippen molar-refractivity contribution in [3.05, 3.63) is 66.5 Å². The minimum absolute atomic E-state index is 0.0122. The van der Waals surface area contributed by atoms with Crippen LogP contribution in [-0.4, -0.2) is 49.3 Å². The van der Waals surface area contributed by atoms with Crippen molar-refractivity contribution in [3.63, 3.8) is 0 Å². The standard InChI is InChI=1S/C26H30N4O4/c1-3-33-24-11-4-5-12-25(24)34-23-10-7-13-29(18-23)26-27-15-21(16-28-26)30(19-31)17-20-8-6-9-22(14-20)32-2/h4-6,8-9,11-12,14-16,19,23H,3,7,10,13,17-18H2,1-2H3. The zero-order chi connectivity index (χ0) is 23.8. The Balaban J connectivity index is 1.41. The van der Waals surface area contributed by atoms with Gasteiger partial charge in [0.1, 0.15) is 11.9 Å². The van der Waals surface area contributed by atoms with E-state index in [-0.39, 0.29) is 6.10 Å². The lowest BCUT2D eigenvalue weighted by atomic mass is 10.1. The molecule has 2 aromatic carbocycles. The van der Waals surface area contributed by atoms with Crippen LogP contribution in [0.15, 0.2) is 60.9 Å². The SMILES string of the molecule is CCOc1ccccc1OC1CCCN(c2ncc(N(C=O)Cc3cccc(OC)c3)cn2)C1. The minimum atomic E-state index is 0.0122. The van der Waals surface area contributed by atoms with Crippen molar-refractivity contribution in [2.45, 2.75) is 32.4 Å². The smallest absolute Gasteiger partial charge is 0.225 e. The number of anilines is 2. The Kier molecular flexibility index (Phi) is 7.80. The van der Waals surface area contributed by atoms with Crippen molar-refractivity contribution in [1.82, 2.24) is 9.97 Å². The topological polar surface area (TPSA) is 77.0 Å². The van der Waals surface area contributed by atoms with E-state index in [1.54, 1.807) is 24.4 Å². The molecule has 0 radical (unpaired) electrons. The third kappa shape index (κ3) is 5.75. The van der Waals surface area contributed by atoms with E-state index in [9.17, 15) is 4.79 Å². The number of carbonyl (C=O) groups excluding carboxylic acids is 1. The van der Waals surface area contributed by atoms with Crippen LogP contribution in [0.25, 0.3) is 0 Å². The molecule has 1 atom stereocenters. The van der Waals surface area contributed by atoms with Crippen molar-refractivity contribution in [1.29, 1.82) is 0 Å². The molecule has 4 rings (SSSR count). The Labute approximate surface area is 200 Å². The Bertz CT molecular complexity index is 1080. The molecule has 1 aromatic heterocycles. The van der Waals surface area contributed by atoms with Gasteiger partial charge in [0.05, 0.1) is 44.9 Å². The molecule has 1 unspecified atom stereocenters. The molecule has 8 heteroatoms. The van der Waals surface area contributed by atoms with E-state index in [0.717, 1.165) is 48.6 Å². The molecule has 1 aliphatic rings. The quantitative estimate of drug-likeness (QED) is 0.420. The van der Waals surface area contributed by atoms with Crippen LogP contribution in [0, 0.1) is 0 Å². The molecule has 1 amide bonds. The lowest BCUT2D eigenvalue weighted by Gasteiger charge is -2.33. The number of aromatic nitrogens is 2. The molecule has 2 heterocycles. The summed E-state index contributed by atoms with van der Waals surface area (Å²) in [5.41, 5.74) is 1.59. The number of methoxy groups -OCH3 is 1. The second-order valence-corrected chi connectivity index (χ2v) is 8.03. The maximum Gasteiger partial charge on any atom is 0.225 e. The van der Waals surface area contributed by atoms with Crippen LogP contribution >= 0.6 is 0 Å². The Morgan fingerprint density at radius 3 is 2.65 bits per heavy atom. The average molecular weight is 463 g/mol. The summed E-state index contributed by atoms with van der Waals surface area (Å²) < 4.78 is 17.2. The normalized spacial score (nSPS) is 15.5. The van der Waals surface area contributed by atoms with Gasteiger partial charge < -0.3 is 24.0 Å². The van der Waals surface area contributed by atoms with Gasteiger partial charge in [-0.2, -0.15) is 0 Å². The summed E-state index contributed by atoms with van der Waals surface area (Å²) in [5, 5.41) is 0. The van der Waals surface area contributed by atoms with Crippen molar-refractivity contribution < 1.29 is 19.0 Å². The lowest BCUT2D eigenvalue weighted by Crippen LogP contribution is -2.42. The molecule has 0 saturated carbocycles. The predicted molar refractivity (Wildman–Crippen MR) is 131 cm³/mol. The van der Waals surface area contributed by atoms with E-state index >= 15 is 0 Å². The van der Waals surface area contributed by atoms with Crippen LogP contribution in [0.4, 0.5) is 11.6 Å². The molecule has 0 N–H and O–H groups in total. The first kappa shape index (κ1) is 23.4. The monoisotopic (exact) mass is 462 g/mol. The number of benzene rings is 2. The van der Waals surface area contributed by atoms with Crippen LogP contribution in [0.1, 0.15) is 25.3 Å². The number of rotatable bonds is 10. The predicted octanol–water partition coefficient (Wildman–Crippen LogP) is 4.09. The number of piperidine rings is 1. The Morgan fingerprint density at radius 1 is 1.12 bits per heavy atom. The van der Waals surface area contributed by atoms with E-state index in [1.165, 1.54) is 0 Å². The maximum atomic E-state index is 11.7. The summed E-state index contributed by atoms with van der Waals surface area (Å²) in [6.45, 7) is 4.49. The van der Waals surface area contributed by atoms with Gasteiger partial charge in [0.2, 0.25) is 12.4 Å². The zero-order valence-electron chi connectivity index (χ0n) is 19.6. The van der Waals surface area contributed by atoms with Gasteiger partial charge in [0, 0.05) is 6.54 Å². The van der Waals surface area contributed by atoms with E-state index in [0.29, 0.717) is 31.3 Å². The van der Waals surface area contributed by atoms with Gasteiger partial charge >= 0.3 is 0 Å². The summed E-state index contributed by atoms with van der Waals surface area (Å²) in [7, 11) is 1.62. The number of para-hydroxylation sites is 2. The molecule has 1 aliphatic heterocycles. The van der Waals surface area contributed by atoms with Crippen molar-refractivity contribution >= 4 is 18.0 Å². The molecule has 34 heavy (non-hydrogen) atoms. The highest BCUT2D eigenvalue weighted by Crippen LogP contribution is 2.29. The first-order valence-corrected chi connectivity index (χ1v) is 11.5. The minimum Gasteiger partial charge on any atom is -0.497 e. The van der Waals surface area contributed by atoms with Gasteiger partial charge in [-0.15, -0.1) is 0 Å². The summed E-state index contributed by atoms with van der Waals surface area (Å²) in [6, 6.07) is 15.4. The first-order chi connectivity index (χ1) is 16.7. The van der Waals surface area contributed by atoms with Gasteiger partial charge in [-0.1, -0.05) is 24.3 Å². The van der Waals surface area contributed by atoms with Crippen LogP contribution < -0.4 is 24.0 Å². The fourth-order valence-corrected chi connectivity index (χ4v) is 4.00. The number of amides is 1. The van der Waals surface area contributed by atoms with Crippen LogP contribution in [-0.2, 0) is 11.3 Å². The highest BCUT2D eigenvalue weighted by atomic mass is 16.5. The molecule has 0 spiro atoms. The van der Waals surface area contributed by atoms with Crippen molar-refractivity contribution in [2.24, 2.45) is 0 Å². The van der Waals surface area contributed by atoms with E-state index in [2.05, 4.69) is 14.9 Å². The van der Waals surface area contributed by atoms with Gasteiger partial charge in [0.15, 0.2) is 11.5 Å². The lowest BCUT2D eigenvalue weighted by molar-refractivity contribution is -0.107. The number of hydrogen-bond acceptors (Lipinski definition) is 7. The van der Waals surface area contributed by atoms with Gasteiger partial charge in [-0.25, -0.2) is 9.97 Å². The summed E-state index contributed by atoms with van der Waals surface area (Å²) >= 11 is 0. The molecule has 1 fully saturated rings. The third-order valence-corrected chi connectivity index (χ3v) is 5.67. The number of ether oxygens (including phenoxy) is 3. The number of nitrogens with zero attached hydrogens (tertiary/aromatic N) is 4. The second-order valence-electron chi connectivity index (χ2n) is 8.03. The average Bonchev–Trinajstić information content (AvgIpc) is 2.89. The Hall–Kier alpha value is -3.81. The number of carbonyl (C=O) groups is 1. The molecular weight excluding hydrogens is 432 g/mol. The summed E-state index contributed by atoms with van der Waals surface area (Å²) in [4.78, 5) is 24.5. The van der Waals surface area contributed by atoms with E-state index < -0.39 is 0 Å². The second kappa shape index (κ2) is 11.4. The zero-order valence-corrected chi connectivity index (χ0v) is 19.6. The third-order valence-electron chi connectivity index (χ3n) is 5.67. The molecule has 0 aliphatic carbocycles. The van der Waals surface area contributed by atoms with Crippen LogP contribution in [0.3, 0.4) is 0 Å². The maximum absolute atomic E-state index is 11.7. The van der Waals surface area contributed by atoms with Gasteiger partial charge in [-0.05, 0) is 49.6 Å². The van der Waals surface area contributed by atoms with E-state index in [1.807, 2.05) is 55.5 Å².